The molecule has 3 nitrogen and oxygen atoms in total. The van der Waals surface area contributed by atoms with Crippen molar-refractivity contribution in [2.45, 2.75) is 13.8 Å². The molecule has 0 aliphatic carbocycles. The quantitative estimate of drug-likeness (QED) is 0.719. The van der Waals surface area contributed by atoms with Crippen LogP contribution in [0.2, 0.25) is 5.02 Å². The molecule has 3 aromatic rings. The van der Waals surface area contributed by atoms with Gasteiger partial charge in [0.05, 0.1) is 16.3 Å². The number of fused-ring (bicyclic) bond motifs is 1. The molecule has 0 bridgehead atoms. The number of hydrogen-bond donors (Lipinski definition) is 1. The third-order valence-corrected chi connectivity index (χ3v) is 4.49. The number of carbonyl (C=O) groups is 1. The van der Waals surface area contributed by atoms with Crippen molar-refractivity contribution >= 4 is 44.7 Å². The maximum absolute atomic E-state index is 13.8. The molecular weight excluding hydrogens is 323 g/mol. The van der Waals surface area contributed by atoms with E-state index in [0.29, 0.717) is 5.69 Å². The lowest BCUT2D eigenvalue weighted by Gasteiger charge is -2.08. The van der Waals surface area contributed by atoms with Gasteiger partial charge in [-0.3, -0.25) is 4.79 Å². The van der Waals surface area contributed by atoms with Crippen molar-refractivity contribution in [2.75, 3.05) is 5.32 Å². The molecule has 0 saturated carbocycles. The van der Waals surface area contributed by atoms with E-state index in [1.165, 1.54) is 29.5 Å². The van der Waals surface area contributed by atoms with E-state index >= 15 is 0 Å². The Balaban J connectivity index is 2.02. The average molecular weight is 335 g/mol. The van der Waals surface area contributed by atoms with Crippen LogP contribution in [0, 0.1) is 19.7 Å². The van der Waals surface area contributed by atoms with Gasteiger partial charge in [0.25, 0.3) is 5.91 Å². The van der Waals surface area contributed by atoms with Gasteiger partial charge in [-0.15, -0.1) is 11.3 Å². The topological polar surface area (TPSA) is 42.0 Å². The summed E-state index contributed by atoms with van der Waals surface area (Å²) in [5.41, 5.74) is 2.40. The molecule has 0 spiro atoms. The molecule has 0 fully saturated rings. The first-order valence-electron chi connectivity index (χ1n) is 6.58. The van der Waals surface area contributed by atoms with Crippen molar-refractivity contribution in [3.63, 3.8) is 0 Å². The first-order valence-corrected chi connectivity index (χ1v) is 7.84. The second kappa shape index (κ2) is 5.66. The Morgan fingerprint density at radius 3 is 2.86 bits per heavy atom. The molecule has 0 atom stereocenters. The second-order valence-corrected chi connectivity index (χ2v) is 6.23. The monoisotopic (exact) mass is 334 g/mol. The van der Waals surface area contributed by atoms with Crippen LogP contribution in [0.1, 0.15) is 21.6 Å². The highest BCUT2D eigenvalue weighted by atomic mass is 35.5. The highest BCUT2D eigenvalue weighted by molar-refractivity contribution is 7.17. The maximum Gasteiger partial charge on any atom is 0.260 e. The zero-order chi connectivity index (χ0) is 15.9. The molecule has 22 heavy (non-hydrogen) atoms. The van der Waals surface area contributed by atoms with E-state index in [1.807, 2.05) is 19.9 Å². The summed E-state index contributed by atoms with van der Waals surface area (Å²) < 4.78 is 13.8. The number of nitrogens with zero attached hydrogens (tertiary/aromatic N) is 1. The van der Waals surface area contributed by atoms with Crippen LogP contribution in [0.3, 0.4) is 0 Å². The Morgan fingerprint density at radius 2 is 2.14 bits per heavy atom. The van der Waals surface area contributed by atoms with Crippen LogP contribution in [0.25, 0.3) is 10.2 Å². The van der Waals surface area contributed by atoms with Gasteiger partial charge in [0.15, 0.2) is 0 Å². The number of anilines is 1. The number of nitrogens with one attached hydrogen (secondary N) is 1. The number of aromatic nitrogens is 1. The minimum absolute atomic E-state index is 0.0859. The summed E-state index contributed by atoms with van der Waals surface area (Å²) in [7, 11) is 0. The fourth-order valence-corrected chi connectivity index (χ4v) is 3.62. The number of halogens is 2. The number of benzene rings is 1. The molecule has 6 heteroatoms. The van der Waals surface area contributed by atoms with Gasteiger partial charge < -0.3 is 5.32 Å². The fourth-order valence-electron chi connectivity index (χ4n) is 2.38. The van der Waals surface area contributed by atoms with Crippen LogP contribution in [0.4, 0.5) is 10.1 Å². The summed E-state index contributed by atoms with van der Waals surface area (Å²) in [6, 6.07) is 6.11. The maximum atomic E-state index is 13.8. The first kappa shape index (κ1) is 14.9. The van der Waals surface area contributed by atoms with Crippen LogP contribution < -0.4 is 5.32 Å². The van der Waals surface area contributed by atoms with E-state index in [0.717, 1.165) is 21.5 Å². The van der Waals surface area contributed by atoms with Gasteiger partial charge in [-0.2, -0.15) is 0 Å². The number of hydrogen-bond acceptors (Lipinski definition) is 3. The van der Waals surface area contributed by atoms with E-state index in [2.05, 4.69) is 10.3 Å². The minimum atomic E-state index is -0.643. The summed E-state index contributed by atoms with van der Waals surface area (Å²) in [6.45, 7) is 3.87. The van der Waals surface area contributed by atoms with Gasteiger partial charge in [0.2, 0.25) is 0 Å². The third-order valence-electron chi connectivity index (χ3n) is 3.31. The van der Waals surface area contributed by atoms with Crippen LogP contribution >= 0.6 is 22.9 Å². The molecule has 0 unspecified atom stereocenters. The Labute approximate surface area is 135 Å². The van der Waals surface area contributed by atoms with Gasteiger partial charge in [-0.1, -0.05) is 17.7 Å². The van der Waals surface area contributed by atoms with Crippen molar-refractivity contribution < 1.29 is 9.18 Å². The second-order valence-electron chi connectivity index (χ2n) is 4.96. The van der Waals surface area contributed by atoms with E-state index in [9.17, 15) is 9.18 Å². The molecule has 1 N–H and O–H groups in total. The van der Waals surface area contributed by atoms with Gasteiger partial charge in [-0.05, 0) is 37.6 Å². The number of pyridine rings is 1. The number of aryl methyl sites for hydroxylation is 2. The lowest BCUT2D eigenvalue weighted by Crippen LogP contribution is -2.14. The zero-order valence-corrected chi connectivity index (χ0v) is 13.5. The minimum Gasteiger partial charge on any atom is -0.320 e. The van der Waals surface area contributed by atoms with E-state index < -0.39 is 11.7 Å². The predicted octanol–water partition coefficient (Wildman–Crippen LogP) is 4.96. The smallest absolute Gasteiger partial charge is 0.260 e. The van der Waals surface area contributed by atoms with Crippen molar-refractivity contribution in [3.8, 4) is 0 Å². The SMILES string of the molecule is Cc1cc(C)c2c(NC(=O)c3c(F)cccc3Cl)csc2n1. The molecule has 2 heterocycles. The van der Waals surface area contributed by atoms with E-state index in [1.54, 1.807) is 5.38 Å². The summed E-state index contributed by atoms with van der Waals surface area (Å²) in [5.74, 6) is -1.21. The Kier molecular flexibility index (Phi) is 3.85. The molecule has 112 valence electrons. The van der Waals surface area contributed by atoms with Crippen LogP contribution in [-0.2, 0) is 0 Å². The standard InChI is InChI=1S/C16H12ClFN2OS/c1-8-6-9(2)19-16-13(8)12(7-22-16)20-15(21)14-10(17)4-3-5-11(14)18/h3-7H,1-2H3,(H,20,21). The molecule has 0 aliphatic rings. The first-order chi connectivity index (χ1) is 10.5. The van der Waals surface area contributed by atoms with Crippen molar-refractivity contribution in [1.29, 1.82) is 0 Å². The number of carbonyl (C=O) groups excluding carboxylic acids is 1. The lowest BCUT2D eigenvalue weighted by atomic mass is 10.1. The molecule has 3 rings (SSSR count). The van der Waals surface area contributed by atoms with Crippen LogP contribution in [-0.4, -0.2) is 10.9 Å². The average Bonchev–Trinajstić information content (AvgIpc) is 2.81. The van der Waals surface area contributed by atoms with Crippen molar-refractivity contribution in [2.24, 2.45) is 0 Å². The van der Waals surface area contributed by atoms with Crippen LogP contribution in [0.15, 0.2) is 29.6 Å². The number of thiophene rings is 1. The van der Waals surface area contributed by atoms with E-state index in [-0.39, 0.29) is 10.6 Å². The lowest BCUT2D eigenvalue weighted by molar-refractivity contribution is 0.102. The molecular formula is C16H12ClFN2OS. The summed E-state index contributed by atoms with van der Waals surface area (Å²) in [6.07, 6.45) is 0. The Bertz CT molecular complexity index is 871. The van der Waals surface area contributed by atoms with E-state index in [4.69, 9.17) is 11.6 Å². The van der Waals surface area contributed by atoms with Gasteiger partial charge in [-0.25, -0.2) is 9.37 Å². The molecule has 0 saturated heterocycles. The largest absolute Gasteiger partial charge is 0.320 e. The zero-order valence-electron chi connectivity index (χ0n) is 11.9. The summed E-state index contributed by atoms with van der Waals surface area (Å²) in [4.78, 5) is 17.6. The van der Waals surface area contributed by atoms with Crippen molar-refractivity contribution in [3.05, 3.63) is 57.3 Å². The van der Waals surface area contributed by atoms with Gasteiger partial charge in [0, 0.05) is 16.5 Å². The molecule has 0 radical (unpaired) electrons. The highest BCUT2D eigenvalue weighted by Gasteiger charge is 2.18. The summed E-state index contributed by atoms with van der Waals surface area (Å²) in [5, 5.41) is 5.49. The predicted molar refractivity (Wildman–Crippen MR) is 88.5 cm³/mol. The fraction of sp³-hybridized carbons (Fsp3) is 0.125. The molecule has 1 amide bonds. The number of amides is 1. The molecule has 0 aliphatic heterocycles. The Hall–Kier alpha value is -1.98. The normalized spacial score (nSPS) is 10.9. The Morgan fingerprint density at radius 1 is 1.36 bits per heavy atom. The highest BCUT2D eigenvalue weighted by Crippen LogP contribution is 2.32. The van der Waals surface area contributed by atoms with Gasteiger partial charge >= 0.3 is 0 Å². The van der Waals surface area contributed by atoms with Crippen LogP contribution in [0.5, 0.6) is 0 Å². The molecule has 1 aromatic carbocycles. The third kappa shape index (κ3) is 2.58. The van der Waals surface area contributed by atoms with Crippen molar-refractivity contribution in [1.82, 2.24) is 4.98 Å². The number of rotatable bonds is 2. The summed E-state index contributed by atoms with van der Waals surface area (Å²) >= 11 is 7.36. The molecule has 2 aromatic heterocycles. The van der Waals surface area contributed by atoms with Gasteiger partial charge in [0.1, 0.15) is 10.6 Å².